The average Bonchev–Trinajstić information content (AvgIpc) is 3.12. The second-order valence-corrected chi connectivity index (χ2v) is 4.24. The zero-order valence-corrected chi connectivity index (χ0v) is 9.71. The van der Waals surface area contributed by atoms with Crippen molar-refractivity contribution >= 4 is 0 Å². The highest BCUT2D eigenvalue weighted by atomic mass is 19.1. The average molecular weight is 233 g/mol. The Hall–Kier alpha value is -1.53. The van der Waals surface area contributed by atoms with Crippen LogP contribution >= 0.6 is 0 Å². The maximum absolute atomic E-state index is 13.1. The number of rotatable bonds is 4. The van der Waals surface area contributed by atoms with Crippen LogP contribution in [0.5, 0.6) is 5.75 Å². The summed E-state index contributed by atoms with van der Waals surface area (Å²) in [5, 5.41) is 0. The molecule has 0 heterocycles. The number of halogens is 1. The van der Waals surface area contributed by atoms with Gasteiger partial charge in [-0.1, -0.05) is 11.8 Å². The van der Waals surface area contributed by atoms with Crippen molar-refractivity contribution in [3.63, 3.8) is 0 Å². The highest BCUT2D eigenvalue weighted by molar-refractivity contribution is 5.46. The van der Waals surface area contributed by atoms with Crippen LogP contribution in [-0.4, -0.2) is 13.2 Å². The summed E-state index contributed by atoms with van der Waals surface area (Å²) in [6, 6.07) is 4.45. The van der Waals surface area contributed by atoms with Crippen LogP contribution in [0.15, 0.2) is 18.2 Å². The minimum absolute atomic E-state index is 0.291. The van der Waals surface area contributed by atoms with Gasteiger partial charge in [-0.25, -0.2) is 4.39 Å². The van der Waals surface area contributed by atoms with Crippen molar-refractivity contribution < 1.29 is 9.13 Å². The molecule has 1 aromatic rings. The molecule has 1 aromatic carbocycles. The molecule has 17 heavy (non-hydrogen) atoms. The molecule has 0 unspecified atom stereocenters. The minimum Gasteiger partial charge on any atom is -0.492 e. The van der Waals surface area contributed by atoms with E-state index in [0.717, 1.165) is 0 Å². The maximum atomic E-state index is 13.1. The normalized spacial score (nSPS) is 14.0. The molecular weight excluding hydrogens is 217 g/mol. The fourth-order valence-electron chi connectivity index (χ4n) is 1.45. The third-order valence-electron chi connectivity index (χ3n) is 2.61. The van der Waals surface area contributed by atoms with Crippen LogP contribution in [0, 0.1) is 23.6 Å². The first-order chi connectivity index (χ1) is 8.29. The van der Waals surface area contributed by atoms with Crippen molar-refractivity contribution in [3.8, 4) is 17.6 Å². The van der Waals surface area contributed by atoms with Gasteiger partial charge in [0, 0.05) is 13.0 Å². The standard InChI is InChI=1S/C14H16FNO/c15-13-6-7-14(17-10-11-4-5-11)12(9-13)3-1-2-8-16/h6-7,9,11H,2,4-5,8,10,16H2. The van der Waals surface area contributed by atoms with Gasteiger partial charge in [0.1, 0.15) is 11.6 Å². The molecular formula is C14H16FNO. The van der Waals surface area contributed by atoms with E-state index in [-0.39, 0.29) is 5.82 Å². The zero-order chi connectivity index (χ0) is 12.1. The van der Waals surface area contributed by atoms with Crippen LogP contribution in [0.25, 0.3) is 0 Å². The van der Waals surface area contributed by atoms with E-state index in [2.05, 4.69) is 11.8 Å². The Morgan fingerprint density at radius 1 is 1.41 bits per heavy atom. The monoisotopic (exact) mass is 233 g/mol. The number of hydrogen-bond acceptors (Lipinski definition) is 2. The van der Waals surface area contributed by atoms with Crippen molar-refractivity contribution in [2.45, 2.75) is 19.3 Å². The first kappa shape index (κ1) is 11.9. The van der Waals surface area contributed by atoms with Gasteiger partial charge >= 0.3 is 0 Å². The Morgan fingerprint density at radius 3 is 2.94 bits per heavy atom. The number of benzene rings is 1. The summed E-state index contributed by atoms with van der Waals surface area (Å²) in [6.07, 6.45) is 3.07. The van der Waals surface area contributed by atoms with Gasteiger partial charge in [0.2, 0.25) is 0 Å². The van der Waals surface area contributed by atoms with Gasteiger partial charge in [-0.2, -0.15) is 0 Å². The lowest BCUT2D eigenvalue weighted by atomic mass is 10.2. The molecule has 1 aliphatic carbocycles. The summed E-state index contributed by atoms with van der Waals surface area (Å²) < 4.78 is 18.8. The maximum Gasteiger partial charge on any atom is 0.135 e. The first-order valence-corrected chi connectivity index (χ1v) is 5.91. The van der Waals surface area contributed by atoms with Gasteiger partial charge < -0.3 is 10.5 Å². The molecule has 2 rings (SSSR count). The van der Waals surface area contributed by atoms with Gasteiger partial charge in [-0.05, 0) is 37.0 Å². The van der Waals surface area contributed by atoms with Gasteiger partial charge in [-0.15, -0.1) is 0 Å². The molecule has 0 amide bonds. The molecule has 90 valence electrons. The lowest BCUT2D eigenvalue weighted by Crippen LogP contribution is -2.01. The van der Waals surface area contributed by atoms with Crippen molar-refractivity contribution in [2.75, 3.05) is 13.2 Å². The first-order valence-electron chi connectivity index (χ1n) is 5.91. The van der Waals surface area contributed by atoms with Gasteiger partial charge in [0.15, 0.2) is 0 Å². The van der Waals surface area contributed by atoms with Crippen molar-refractivity contribution in [1.82, 2.24) is 0 Å². The molecule has 0 atom stereocenters. The van der Waals surface area contributed by atoms with Crippen LogP contribution in [0.1, 0.15) is 24.8 Å². The summed E-state index contributed by atoms with van der Waals surface area (Å²) in [5.74, 6) is 6.85. The predicted octanol–water partition coefficient (Wildman–Crippen LogP) is 2.31. The third kappa shape index (κ3) is 3.76. The SMILES string of the molecule is NCCC#Cc1cc(F)ccc1OCC1CC1. The van der Waals surface area contributed by atoms with E-state index in [4.69, 9.17) is 10.5 Å². The van der Waals surface area contributed by atoms with Crippen LogP contribution in [-0.2, 0) is 0 Å². The second kappa shape index (κ2) is 5.70. The van der Waals surface area contributed by atoms with E-state index in [1.54, 1.807) is 6.07 Å². The van der Waals surface area contributed by atoms with E-state index in [0.29, 0.717) is 36.8 Å². The molecule has 0 saturated heterocycles. The third-order valence-corrected chi connectivity index (χ3v) is 2.61. The Bertz CT molecular complexity index is 443. The largest absolute Gasteiger partial charge is 0.492 e. The number of nitrogens with two attached hydrogens (primary N) is 1. The highest BCUT2D eigenvalue weighted by Crippen LogP contribution is 2.30. The van der Waals surface area contributed by atoms with E-state index < -0.39 is 0 Å². The van der Waals surface area contributed by atoms with Crippen molar-refractivity contribution in [1.29, 1.82) is 0 Å². The summed E-state index contributed by atoms with van der Waals surface area (Å²) in [4.78, 5) is 0. The highest BCUT2D eigenvalue weighted by Gasteiger charge is 2.22. The van der Waals surface area contributed by atoms with Gasteiger partial charge in [0.05, 0.1) is 12.2 Å². The van der Waals surface area contributed by atoms with Crippen LogP contribution in [0.3, 0.4) is 0 Å². The molecule has 2 nitrogen and oxygen atoms in total. The van der Waals surface area contributed by atoms with Crippen LogP contribution in [0.2, 0.25) is 0 Å². The summed E-state index contributed by atoms with van der Waals surface area (Å²) in [6.45, 7) is 1.22. The second-order valence-electron chi connectivity index (χ2n) is 4.24. The topological polar surface area (TPSA) is 35.2 Å². The lowest BCUT2D eigenvalue weighted by Gasteiger charge is -2.07. The predicted molar refractivity (Wildman–Crippen MR) is 65.2 cm³/mol. The molecule has 0 bridgehead atoms. The van der Waals surface area contributed by atoms with E-state index in [9.17, 15) is 4.39 Å². The molecule has 0 aromatic heterocycles. The molecule has 0 spiro atoms. The molecule has 1 saturated carbocycles. The van der Waals surface area contributed by atoms with Crippen molar-refractivity contribution in [2.24, 2.45) is 11.7 Å². The fourth-order valence-corrected chi connectivity index (χ4v) is 1.45. The van der Waals surface area contributed by atoms with Crippen molar-refractivity contribution in [3.05, 3.63) is 29.6 Å². The molecule has 2 N–H and O–H groups in total. The summed E-state index contributed by atoms with van der Waals surface area (Å²) in [7, 11) is 0. The Balaban J connectivity index is 2.09. The molecule has 0 aliphatic heterocycles. The van der Waals surface area contributed by atoms with E-state index in [1.807, 2.05) is 0 Å². The van der Waals surface area contributed by atoms with E-state index in [1.165, 1.54) is 25.0 Å². The molecule has 0 radical (unpaired) electrons. The molecule has 1 aliphatic rings. The van der Waals surface area contributed by atoms with Gasteiger partial charge in [0.25, 0.3) is 0 Å². The summed E-state index contributed by atoms with van der Waals surface area (Å²) in [5.41, 5.74) is 5.97. The number of hydrogen-bond donors (Lipinski definition) is 1. The van der Waals surface area contributed by atoms with Crippen LogP contribution in [0.4, 0.5) is 4.39 Å². The smallest absolute Gasteiger partial charge is 0.135 e. The fraction of sp³-hybridized carbons (Fsp3) is 0.429. The lowest BCUT2D eigenvalue weighted by molar-refractivity contribution is 0.298. The molecule has 1 fully saturated rings. The quantitative estimate of drug-likeness (QED) is 0.810. The molecule has 3 heteroatoms. The van der Waals surface area contributed by atoms with E-state index >= 15 is 0 Å². The zero-order valence-electron chi connectivity index (χ0n) is 9.71. The van der Waals surface area contributed by atoms with Gasteiger partial charge in [-0.3, -0.25) is 0 Å². The number of ether oxygens (including phenoxy) is 1. The Labute approximate surface area is 101 Å². The Kier molecular flexibility index (Phi) is 4.00. The summed E-state index contributed by atoms with van der Waals surface area (Å²) >= 11 is 0. The Morgan fingerprint density at radius 2 is 2.24 bits per heavy atom. The van der Waals surface area contributed by atoms with Crippen LogP contribution < -0.4 is 10.5 Å². The minimum atomic E-state index is -0.291.